The van der Waals surface area contributed by atoms with Crippen LogP contribution in [0.15, 0.2) is 18.2 Å². The van der Waals surface area contributed by atoms with E-state index in [-0.39, 0.29) is 24.6 Å². The molecule has 0 bridgehead atoms. The maximum absolute atomic E-state index is 11.4. The number of amides is 1. The van der Waals surface area contributed by atoms with Crippen molar-refractivity contribution < 1.29 is 9.53 Å². The van der Waals surface area contributed by atoms with E-state index in [1.807, 2.05) is 26.8 Å². The van der Waals surface area contributed by atoms with Crippen molar-refractivity contribution in [2.24, 2.45) is 5.73 Å². The van der Waals surface area contributed by atoms with E-state index in [0.717, 1.165) is 5.56 Å². The van der Waals surface area contributed by atoms with E-state index in [1.165, 1.54) is 0 Å². The van der Waals surface area contributed by atoms with Gasteiger partial charge >= 0.3 is 0 Å². The van der Waals surface area contributed by atoms with Gasteiger partial charge in [0.15, 0.2) is 6.61 Å². The first-order valence-electron chi connectivity index (χ1n) is 5.87. The molecule has 0 aliphatic heterocycles. The average molecular weight is 271 g/mol. The first-order valence-corrected chi connectivity index (χ1v) is 6.25. The molecule has 1 rings (SSSR count). The number of carbonyl (C=O) groups excluding carboxylic acids is 1. The lowest BCUT2D eigenvalue weighted by Gasteiger charge is -2.12. The molecule has 0 saturated carbocycles. The van der Waals surface area contributed by atoms with Gasteiger partial charge in [0.05, 0.1) is 5.02 Å². The second-order valence-electron chi connectivity index (χ2n) is 4.49. The lowest BCUT2D eigenvalue weighted by molar-refractivity contribution is -0.123. The quantitative estimate of drug-likeness (QED) is 0.863. The minimum atomic E-state index is -0.169. The van der Waals surface area contributed by atoms with Crippen LogP contribution < -0.4 is 15.8 Å². The number of hydrogen-bond donors (Lipinski definition) is 2. The molecule has 1 aromatic rings. The molecular weight excluding hydrogens is 252 g/mol. The third-order valence-electron chi connectivity index (χ3n) is 2.29. The summed E-state index contributed by atoms with van der Waals surface area (Å²) in [6.07, 6.45) is 0. The summed E-state index contributed by atoms with van der Waals surface area (Å²) in [5, 5.41) is 3.20. The van der Waals surface area contributed by atoms with Gasteiger partial charge in [0.25, 0.3) is 5.91 Å². The molecule has 0 aliphatic rings. The Morgan fingerprint density at radius 2 is 2.11 bits per heavy atom. The molecule has 0 spiro atoms. The molecule has 5 heteroatoms. The smallest absolute Gasteiger partial charge is 0.258 e. The fraction of sp³-hybridized carbons (Fsp3) is 0.462. The number of halogens is 1. The zero-order valence-electron chi connectivity index (χ0n) is 10.9. The highest BCUT2D eigenvalue weighted by Crippen LogP contribution is 2.27. The molecule has 0 unspecified atom stereocenters. The minimum absolute atomic E-state index is 0.0462. The lowest BCUT2D eigenvalue weighted by Crippen LogP contribution is -2.34. The fourth-order valence-electron chi connectivity index (χ4n) is 1.42. The van der Waals surface area contributed by atoms with E-state index >= 15 is 0 Å². The Hall–Kier alpha value is -1.26. The second kappa shape index (κ2) is 6.61. The number of benzene rings is 1. The Morgan fingerprint density at radius 1 is 1.44 bits per heavy atom. The molecule has 1 amide bonds. The Labute approximate surface area is 112 Å². The molecule has 1 aromatic carbocycles. The van der Waals surface area contributed by atoms with Crippen molar-refractivity contribution in [2.75, 3.05) is 6.61 Å². The summed E-state index contributed by atoms with van der Waals surface area (Å²) in [5.41, 5.74) is 6.68. The van der Waals surface area contributed by atoms with Crippen LogP contribution in [-0.2, 0) is 4.79 Å². The Balaban J connectivity index is 2.60. The molecule has 1 atom stereocenters. The molecule has 0 aromatic heterocycles. The van der Waals surface area contributed by atoms with Gasteiger partial charge in [-0.1, -0.05) is 17.7 Å². The number of ether oxygens (including phenoxy) is 1. The van der Waals surface area contributed by atoms with Crippen LogP contribution >= 0.6 is 11.6 Å². The molecule has 0 fully saturated rings. The molecule has 0 heterocycles. The average Bonchev–Trinajstić information content (AvgIpc) is 2.26. The molecule has 4 nitrogen and oxygen atoms in total. The van der Waals surface area contributed by atoms with Crippen LogP contribution in [-0.4, -0.2) is 18.6 Å². The predicted molar refractivity (Wildman–Crippen MR) is 72.8 cm³/mol. The molecule has 100 valence electrons. The zero-order valence-corrected chi connectivity index (χ0v) is 11.6. The van der Waals surface area contributed by atoms with Crippen molar-refractivity contribution in [3.8, 4) is 5.75 Å². The highest BCUT2D eigenvalue weighted by Gasteiger charge is 2.08. The van der Waals surface area contributed by atoms with Crippen LogP contribution in [0, 0.1) is 0 Å². The van der Waals surface area contributed by atoms with Crippen LogP contribution in [0.1, 0.15) is 32.4 Å². The van der Waals surface area contributed by atoms with Gasteiger partial charge in [0.1, 0.15) is 5.75 Å². The Kier molecular flexibility index (Phi) is 5.44. The van der Waals surface area contributed by atoms with Crippen LogP contribution in [0.3, 0.4) is 0 Å². The Morgan fingerprint density at radius 3 is 2.61 bits per heavy atom. The van der Waals surface area contributed by atoms with Gasteiger partial charge in [-0.15, -0.1) is 0 Å². The molecule has 0 saturated heterocycles. The molecule has 3 N–H and O–H groups in total. The second-order valence-corrected chi connectivity index (χ2v) is 4.90. The van der Waals surface area contributed by atoms with Crippen molar-refractivity contribution in [3.63, 3.8) is 0 Å². The molecule has 0 aliphatic carbocycles. The van der Waals surface area contributed by atoms with Gasteiger partial charge in [-0.3, -0.25) is 4.79 Å². The van der Waals surface area contributed by atoms with Crippen LogP contribution in [0.2, 0.25) is 5.02 Å². The zero-order chi connectivity index (χ0) is 13.7. The Bertz CT molecular complexity index is 419. The minimum Gasteiger partial charge on any atom is -0.482 e. The SMILES string of the molecule is CC(C)NC(=O)COc1ccc([C@H](C)N)cc1Cl. The molecule has 18 heavy (non-hydrogen) atoms. The van der Waals surface area contributed by atoms with Crippen LogP contribution in [0.5, 0.6) is 5.75 Å². The van der Waals surface area contributed by atoms with E-state index in [1.54, 1.807) is 12.1 Å². The largest absolute Gasteiger partial charge is 0.482 e. The normalized spacial score (nSPS) is 12.3. The van der Waals surface area contributed by atoms with Crippen molar-refractivity contribution in [3.05, 3.63) is 28.8 Å². The van der Waals surface area contributed by atoms with Gasteiger partial charge in [-0.05, 0) is 38.5 Å². The van der Waals surface area contributed by atoms with Crippen molar-refractivity contribution in [2.45, 2.75) is 32.9 Å². The number of rotatable bonds is 5. The summed E-state index contributed by atoms with van der Waals surface area (Å²) >= 11 is 6.05. The van der Waals surface area contributed by atoms with Crippen molar-refractivity contribution >= 4 is 17.5 Å². The highest BCUT2D eigenvalue weighted by atomic mass is 35.5. The predicted octanol–water partition coefficient (Wildman–Crippen LogP) is 2.26. The molecular formula is C13H19ClN2O2. The summed E-state index contributed by atoms with van der Waals surface area (Å²) < 4.78 is 5.35. The van der Waals surface area contributed by atoms with E-state index in [0.29, 0.717) is 10.8 Å². The summed E-state index contributed by atoms with van der Waals surface area (Å²) in [6.45, 7) is 5.61. The standard InChI is InChI=1S/C13H19ClN2O2/c1-8(2)16-13(17)7-18-12-5-4-10(9(3)15)6-11(12)14/h4-6,8-9H,7,15H2,1-3H3,(H,16,17)/t9-/m0/s1. The number of carbonyl (C=O) groups is 1. The topological polar surface area (TPSA) is 64.3 Å². The van der Waals surface area contributed by atoms with E-state index in [4.69, 9.17) is 22.1 Å². The lowest BCUT2D eigenvalue weighted by atomic mass is 10.1. The first-order chi connectivity index (χ1) is 8.40. The monoisotopic (exact) mass is 270 g/mol. The maximum atomic E-state index is 11.4. The summed E-state index contributed by atoms with van der Waals surface area (Å²) in [6, 6.07) is 5.33. The van der Waals surface area contributed by atoms with Gasteiger partial charge in [0, 0.05) is 12.1 Å². The molecule has 0 radical (unpaired) electrons. The third-order valence-corrected chi connectivity index (χ3v) is 2.59. The summed E-state index contributed by atoms with van der Waals surface area (Å²) in [7, 11) is 0. The van der Waals surface area contributed by atoms with Crippen molar-refractivity contribution in [1.82, 2.24) is 5.32 Å². The first kappa shape index (κ1) is 14.8. The number of hydrogen-bond acceptors (Lipinski definition) is 3. The highest BCUT2D eigenvalue weighted by molar-refractivity contribution is 6.32. The van der Waals surface area contributed by atoms with Crippen molar-refractivity contribution in [1.29, 1.82) is 0 Å². The van der Waals surface area contributed by atoms with Crippen LogP contribution in [0.4, 0.5) is 0 Å². The fourth-order valence-corrected chi connectivity index (χ4v) is 1.67. The number of nitrogens with two attached hydrogens (primary N) is 1. The van der Waals surface area contributed by atoms with Gasteiger partial charge in [-0.2, -0.15) is 0 Å². The maximum Gasteiger partial charge on any atom is 0.258 e. The van der Waals surface area contributed by atoms with Gasteiger partial charge < -0.3 is 15.8 Å². The van der Waals surface area contributed by atoms with E-state index < -0.39 is 0 Å². The van der Waals surface area contributed by atoms with Gasteiger partial charge in [-0.25, -0.2) is 0 Å². The summed E-state index contributed by atoms with van der Waals surface area (Å²) in [5.74, 6) is 0.317. The summed E-state index contributed by atoms with van der Waals surface area (Å²) in [4.78, 5) is 11.4. The van der Waals surface area contributed by atoms with Gasteiger partial charge in [0.2, 0.25) is 0 Å². The van der Waals surface area contributed by atoms with E-state index in [2.05, 4.69) is 5.32 Å². The third kappa shape index (κ3) is 4.55. The van der Waals surface area contributed by atoms with E-state index in [9.17, 15) is 4.79 Å². The number of nitrogens with one attached hydrogen (secondary N) is 1. The van der Waals surface area contributed by atoms with Crippen LogP contribution in [0.25, 0.3) is 0 Å².